The molecule has 0 heterocycles. The molecule has 0 aromatic rings. The Morgan fingerprint density at radius 3 is 2.43 bits per heavy atom. The van der Waals surface area contributed by atoms with Gasteiger partial charge in [0.05, 0.1) is 0 Å². The third kappa shape index (κ3) is 6.70. The number of allylic oxidation sites excluding steroid dienone is 2. The Labute approximate surface area is 87.3 Å². The van der Waals surface area contributed by atoms with Crippen LogP contribution in [0.25, 0.3) is 0 Å². The van der Waals surface area contributed by atoms with Gasteiger partial charge >= 0.3 is 5.97 Å². The summed E-state index contributed by atoms with van der Waals surface area (Å²) in [6, 6.07) is 0. The van der Waals surface area contributed by atoms with E-state index in [-0.39, 0.29) is 12.1 Å². The molecule has 0 N–H and O–H groups in total. The van der Waals surface area contributed by atoms with Gasteiger partial charge in [0, 0.05) is 6.42 Å². The largest absolute Gasteiger partial charge is 0.462 e. The lowest BCUT2D eigenvalue weighted by molar-refractivity contribution is -0.150. The van der Waals surface area contributed by atoms with E-state index >= 15 is 0 Å². The molecule has 0 rings (SSSR count). The van der Waals surface area contributed by atoms with Gasteiger partial charge in [0.1, 0.15) is 6.10 Å². The van der Waals surface area contributed by atoms with E-state index in [2.05, 4.69) is 26.8 Å². The van der Waals surface area contributed by atoms with Crippen LogP contribution >= 0.6 is 0 Å². The summed E-state index contributed by atoms with van der Waals surface area (Å²) in [5.41, 5.74) is 0. The summed E-state index contributed by atoms with van der Waals surface area (Å²) < 4.78 is 5.22. The van der Waals surface area contributed by atoms with Crippen molar-refractivity contribution in [2.75, 3.05) is 0 Å². The molecule has 0 amide bonds. The fraction of sp³-hybridized carbons (Fsp3) is 0.750. The van der Waals surface area contributed by atoms with Crippen LogP contribution in [-0.4, -0.2) is 12.1 Å². The van der Waals surface area contributed by atoms with Gasteiger partial charge in [-0.15, -0.1) is 0 Å². The molecular weight excluding hydrogens is 176 g/mol. The second-order valence-corrected chi connectivity index (χ2v) is 3.86. The summed E-state index contributed by atoms with van der Waals surface area (Å²) in [5, 5.41) is 0. The third-order valence-corrected chi connectivity index (χ3v) is 2.17. The normalized spacial score (nSPS) is 13.5. The molecule has 0 saturated heterocycles. The van der Waals surface area contributed by atoms with Crippen molar-refractivity contribution in [1.29, 1.82) is 0 Å². The van der Waals surface area contributed by atoms with E-state index in [9.17, 15) is 4.79 Å². The molecule has 1 unspecified atom stereocenters. The van der Waals surface area contributed by atoms with Crippen molar-refractivity contribution >= 4 is 5.97 Å². The Morgan fingerprint density at radius 1 is 1.29 bits per heavy atom. The Morgan fingerprint density at radius 2 is 1.93 bits per heavy atom. The molecule has 0 aromatic heterocycles. The summed E-state index contributed by atoms with van der Waals surface area (Å²) in [7, 11) is 0. The topological polar surface area (TPSA) is 26.3 Å². The number of hydrogen-bond acceptors (Lipinski definition) is 2. The maximum atomic E-state index is 11.3. The number of esters is 1. The number of carbonyl (C=O) groups is 1. The van der Waals surface area contributed by atoms with Gasteiger partial charge < -0.3 is 4.74 Å². The molecule has 82 valence electrons. The summed E-state index contributed by atoms with van der Waals surface area (Å²) in [6.07, 6.45) is 6.43. The van der Waals surface area contributed by atoms with Gasteiger partial charge in [0.15, 0.2) is 0 Å². The number of ether oxygens (including phenoxy) is 1. The molecule has 1 atom stereocenters. The highest BCUT2D eigenvalue weighted by Crippen LogP contribution is 2.07. The smallest absolute Gasteiger partial charge is 0.306 e. The van der Waals surface area contributed by atoms with Crippen LogP contribution in [0.2, 0.25) is 0 Å². The molecule has 0 aliphatic heterocycles. The first-order valence-electron chi connectivity index (χ1n) is 5.42. The van der Waals surface area contributed by atoms with Gasteiger partial charge in [-0.05, 0) is 25.7 Å². The van der Waals surface area contributed by atoms with Crippen LogP contribution in [0.1, 0.15) is 47.0 Å². The van der Waals surface area contributed by atoms with Gasteiger partial charge in [-0.1, -0.05) is 32.9 Å². The van der Waals surface area contributed by atoms with Gasteiger partial charge in [-0.2, -0.15) is 0 Å². The van der Waals surface area contributed by atoms with Crippen molar-refractivity contribution in [3.8, 4) is 0 Å². The molecule has 0 aromatic carbocycles. The zero-order chi connectivity index (χ0) is 11.0. The van der Waals surface area contributed by atoms with Crippen LogP contribution in [0.4, 0.5) is 0 Å². The Kier molecular flexibility index (Phi) is 7.17. The Balaban J connectivity index is 3.60. The number of rotatable bonds is 6. The monoisotopic (exact) mass is 198 g/mol. The summed E-state index contributed by atoms with van der Waals surface area (Å²) in [4.78, 5) is 11.3. The van der Waals surface area contributed by atoms with Crippen molar-refractivity contribution in [3.05, 3.63) is 12.2 Å². The van der Waals surface area contributed by atoms with Crippen molar-refractivity contribution in [1.82, 2.24) is 0 Å². The minimum absolute atomic E-state index is 0.0256. The lowest BCUT2D eigenvalue weighted by Crippen LogP contribution is -2.19. The first-order valence-corrected chi connectivity index (χ1v) is 5.42. The van der Waals surface area contributed by atoms with Crippen molar-refractivity contribution in [2.24, 2.45) is 5.92 Å². The van der Waals surface area contributed by atoms with Gasteiger partial charge in [-0.25, -0.2) is 0 Å². The average Bonchev–Trinajstić information content (AvgIpc) is 2.12. The van der Waals surface area contributed by atoms with E-state index in [0.29, 0.717) is 12.3 Å². The maximum absolute atomic E-state index is 11.3. The van der Waals surface area contributed by atoms with Crippen LogP contribution in [0.5, 0.6) is 0 Å². The van der Waals surface area contributed by atoms with Crippen LogP contribution in [0, 0.1) is 5.92 Å². The second-order valence-electron chi connectivity index (χ2n) is 3.86. The Bertz CT molecular complexity index is 183. The summed E-state index contributed by atoms with van der Waals surface area (Å²) in [6.45, 7) is 8.12. The molecule has 2 heteroatoms. The Hall–Kier alpha value is -0.790. The molecule has 0 aliphatic carbocycles. The highest BCUT2D eigenvalue weighted by Gasteiger charge is 2.11. The van der Waals surface area contributed by atoms with E-state index in [0.717, 1.165) is 12.8 Å². The zero-order valence-electron chi connectivity index (χ0n) is 9.75. The van der Waals surface area contributed by atoms with Crippen LogP contribution < -0.4 is 0 Å². The molecule has 0 saturated carbocycles. The third-order valence-electron chi connectivity index (χ3n) is 2.17. The lowest BCUT2D eigenvalue weighted by atomic mass is 10.1. The van der Waals surface area contributed by atoms with Crippen LogP contribution in [-0.2, 0) is 9.53 Å². The quantitative estimate of drug-likeness (QED) is 0.483. The highest BCUT2D eigenvalue weighted by molar-refractivity contribution is 5.69. The van der Waals surface area contributed by atoms with Crippen molar-refractivity contribution in [3.63, 3.8) is 0 Å². The second kappa shape index (κ2) is 7.60. The number of carbonyl (C=O) groups excluding carboxylic acids is 1. The van der Waals surface area contributed by atoms with Crippen LogP contribution in [0.3, 0.4) is 0 Å². The van der Waals surface area contributed by atoms with Gasteiger partial charge in [0.25, 0.3) is 0 Å². The van der Waals surface area contributed by atoms with E-state index in [1.54, 1.807) is 0 Å². The molecule has 0 radical (unpaired) electrons. The predicted molar refractivity (Wildman–Crippen MR) is 59.1 cm³/mol. The fourth-order valence-electron chi connectivity index (χ4n) is 0.888. The van der Waals surface area contributed by atoms with Gasteiger partial charge in [-0.3, -0.25) is 4.79 Å². The SMILES string of the molecule is CC/C=C/CCC(=O)OC(C)C(C)C. The van der Waals surface area contributed by atoms with Crippen molar-refractivity contribution < 1.29 is 9.53 Å². The lowest BCUT2D eigenvalue weighted by Gasteiger charge is -2.16. The molecule has 2 nitrogen and oxygen atoms in total. The predicted octanol–water partition coefficient (Wildman–Crippen LogP) is 3.32. The van der Waals surface area contributed by atoms with E-state index in [4.69, 9.17) is 4.74 Å². The first-order chi connectivity index (χ1) is 6.57. The number of hydrogen-bond donors (Lipinski definition) is 0. The minimum atomic E-state index is -0.0908. The molecular formula is C12H22O2. The van der Waals surface area contributed by atoms with E-state index in [1.165, 1.54) is 0 Å². The average molecular weight is 198 g/mol. The van der Waals surface area contributed by atoms with E-state index in [1.807, 2.05) is 13.0 Å². The van der Waals surface area contributed by atoms with Crippen LogP contribution in [0.15, 0.2) is 12.2 Å². The first kappa shape index (κ1) is 13.2. The highest BCUT2D eigenvalue weighted by atomic mass is 16.5. The maximum Gasteiger partial charge on any atom is 0.306 e. The summed E-state index contributed by atoms with van der Waals surface area (Å²) >= 11 is 0. The molecule has 14 heavy (non-hydrogen) atoms. The summed E-state index contributed by atoms with van der Waals surface area (Å²) in [5.74, 6) is 0.303. The fourth-order valence-corrected chi connectivity index (χ4v) is 0.888. The van der Waals surface area contributed by atoms with Crippen molar-refractivity contribution in [2.45, 2.75) is 53.1 Å². The zero-order valence-corrected chi connectivity index (χ0v) is 9.75. The molecule has 0 spiro atoms. The minimum Gasteiger partial charge on any atom is -0.462 e. The molecule has 0 aliphatic rings. The van der Waals surface area contributed by atoms with E-state index < -0.39 is 0 Å². The molecule has 0 bridgehead atoms. The van der Waals surface area contributed by atoms with Gasteiger partial charge in [0.2, 0.25) is 0 Å². The standard InChI is InChI=1S/C12H22O2/c1-5-6-7-8-9-12(13)14-11(4)10(2)3/h6-7,10-11H,5,8-9H2,1-4H3/b7-6+. The molecule has 0 fully saturated rings.